The summed E-state index contributed by atoms with van der Waals surface area (Å²) in [4.78, 5) is 4.31. The highest BCUT2D eigenvalue weighted by Crippen LogP contribution is 2.20. The smallest absolute Gasteiger partial charge is 0.137 e. The van der Waals surface area contributed by atoms with Gasteiger partial charge in [0.25, 0.3) is 0 Å². The number of aromatic nitrogens is 2. The highest BCUT2D eigenvalue weighted by Gasteiger charge is 2.05. The summed E-state index contributed by atoms with van der Waals surface area (Å²) in [7, 11) is 1.63. The van der Waals surface area contributed by atoms with Gasteiger partial charge in [0.15, 0.2) is 0 Å². The summed E-state index contributed by atoms with van der Waals surface area (Å²) in [6, 6.07) is 11.2. The predicted octanol–water partition coefficient (Wildman–Crippen LogP) is 2.50. The average Bonchev–Trinajstić information content (AvgIpc) is 2.87. The number of nitrogen functional groups attached to an aromatic ring is 1. The van der Waals surface area contributed by atoms with Gasteiger partial charge in [-0.05, 0) is 24.3 Å². The first-order chi connectivity index (χ1) is 9.76. The molecule has 0 aliphatic heterocycles. The minimum atomic E-state index is 0.414. The monoisotopic (exact) mass is 269 g/mol. The van der Waals surface area contributed by atoms with Gasteiger partial charge in [-0.3, -0.25) is 4.40 Å². The van der Waals surface area contributed by atoms with Crippen molar-refractivity contribution in [1.82, 2.24) is 9.38 Å². The Morgan fingerprint density at radius 1 is 1.20 bits per heavy atom. The molecule has 1 aromatic carbocycles. The van der Waals surface area contributed by atoms with E-state index in [-0.39, 0.29) is 0 Å². The second-order valence-electron chi connectivity index (χ2n) is 4.41. The zero-order valence-corrected chi connectivity index (χ0v) is 11.1. The van der Waals surface area contributed by atoms with E-state index in [1.54, 1.807) is 13.3 Å². The van der Waals surface area contributed by atoms with Crippen molar-refractivity contribution in [1.29, 1.82) is 0 Å². The molecule has 3 aromatic rings. The van der Waals surface area contributed by atoms with Crippen LogP contribution in [0.1, 0.15) is 5.69 Å². The first kappa shape index (κ1) is 12.3. The molecule has 0 fully saturated rings. The maximum absolute atomic E-state index is 5.79. The lowest BCUT2D eigenvalue weighted by Crippen LogP contribution is -2.00. The molecule has 0 saturated carbocycles. The Balaban J connectivity index is 1.81. The largest absolute Gasteiger partial charge is 0.497 e. The number of fused-ring (bicyclic) bond motifs is 1. The summed E-state index contributed by atoms with van der Waals surface area (Å²) in [5.74, 6) is 1.52. The molecule has 0 aliphatic rings. The molecule has 2 N–H and O–H groups in total. The molecule has 0 spiro atoms. The van der Waals surface area contributed by atoms with Crippen molar-refractivity contribution < 1.29 is 9.47 Å². The zero-order valence-electron chi connectivity index (χ0n) is 11.1. The first-order valence-electron chi connectivity index (χ1n) is 6.24. The molecule has 5 nitrogen and oxygen atoms in total. The summed E-state index contributed by atoms with van der Waals surface area (Å²) in [6.45, 7) is 0.414. The number of pyridine rings is 1. The number of rotatable bonds is 4. The molecule has 0 unspecified atom stereocenters. The number of hydrogen-bond donors (Lipinski definition) is 1. The molecule has 0 radical (unpaired) electrons. The van der Waals surface area contributed by atoms with Crippen molar-refractivity contribution in [2.24, 2.45) is 0 Å². The molecule has 5 heteroatoms. The summed E-state index contributed by atoms with van der Waals surface area (Å²) in [6.07, 6.45) is 3.63. The number of nitrogens with two attached hydrogens (primary N) is 1. The van der Waals surface area contributed by atoms with Crippen LogP contribution in [0.2, 0.25) is 0 Å². The van der Waals surface area contributed by atoms with E-state index in [4.69, 9.17) is 15.2 Å². The van der Waals surface area contributed by atoms with E-state index in [1.165, 1.54) is 0 Å². The van der Waals surface area contributed by atoms with E-state index in [0.717, 1.165) is 22.8 Å². The third-order valence-electron chi connectivity index (χ3n) is 3.03. The van der Waals surface area contributed by atoms with Crippen molar-refractivity contribution in [3.8, 4) is 11.5 Å². The predicted molar refractivity (Wildman–Crippen MR) is 76.9 cm³/mol. The highest BCUT2D eigenvalue weighted by atomic mass is 16.5. The third kappa shape index (κ3) is 2.38. The summed E-state index contributed by atoms with van der Waals surface area (Å²) in [5.41, 5.74) is 8.27. The van der Waals surface area contributed by atoms with Crippen LogP contribution >= 0.6 is 0 Å². The molecule has 20 heavy (non-hydrogen) atoms. The molecule has 3 rings (SSSR count). The van der Waals surface area contributed by atoms with Gasteiger partial charge in [-0.2, -0.15) is 0 Å². The topological polar surface area (TPSA) is 61.8 Å². The fourth-order valence-electron chi connectivity index (χ4n) is 2.00. The Kier molecular flexibility index (Phi) is 3.16. The van der Waals surface area contributed by atoms with Crippen LogP contribution in [0.25, 0.3) is 5.65 Å². The van der Waals surface area contributed by atoms with E-state index in [2.05, 4.69) is 4.98 Å². The number of hydrogen-bond acceptors (Lipinski definition) is 4. The van der Waals surface area contributed by atoms with Gasteiger partial charge in [0.05, 0.1) is 19.0 Å². The number of nitrogens with zero attached hydrogens (tertiary/aromatic N) is 2. The van der Waals surface area contributed by atoms with Gasteiger partial charge in [0.2, 0.25) is 0 Å². The number of methoxy groups -OCH3 is 1. The Morgan fingerprint density at radius 3 is 2.90 bits per heavy atom. The molecule has 0 saturated heterocycles. The van der Waals surface area contributed by atoms with Gasteiger partial charge in [0.1, 0.15) is 23.8 Å². The fourth-order valence-corrected chi connectivity index (χ4v) is 2.00. The SMILES string of the molecule is COc1cccc(OCc2cnc3ccc(N)cn23)c1. The van der Waals surface area contributed by atoms with Gasteiger partial charge in [-0.15, -0.1) is 0 Å². The molecule has 0 amide bonds. The molecule has 0 atom stereocenters. The van der Waals surface area contributed by atoms with Crippen molar-refractivity contribution in [3.63, 3.8) is 0 Å². The van der Waals surface area contributed by atoms with Crippen LogP contribution in [0.15, 0.2) is 48.8 Å². The van der Waals surface area contributed by atoms with Crippen molar-refractivity contribution in [3.05, 3.63) is 54.5 Å². The lowest BCUT2D eigenvalue weighted by molar-refractivity contribution is 0.298. The summed E-state index contributed by atoms with van der Waals surface area (Å²) < 4.78 is 12.8. The highest BCUT2D eigenvalue weighted by molar-refractivity contribution is 5.48. The standard InChI is InChI=1S/C15H15N3O2/c1-19-13-3-2-4-14(7-13)20-10-12-8-17-15-6-5-11(16)9-18(12)15/h2-9H,10,16H2,1H3. The molecule has 0 aliphatic carbocycles. The summed E-state index contributed by atoms with van der Waals surface area (Å²) in [5, 5.41) is 0. The minimum Gasteiger partial charge on any atom is -0.497 e. The molecule has 0 bridgehead atoms. The van der Waals surface area contributed by atoms with Gasteiger partial charge >= 0.3 is 0 Å². The van der Waals surface area contributed by atoms with Crippen LogP contribution in [0.5, 0.6) is 11.5 Å². The van der Waals surface area contributed by atoms with Gasteiger partial charge in [0, 0.05) is 18.0 Å². The second kappa shape index (κ2) is 5.13. The number of benzene rings is 1. The maximum Gasteiger partial charge on any atom is 0.137 e. The van der Waals surface area contributed by atoms with Crippen LogP contribution in [-0.2, 0) is 6.61 Å². The van der Waals surface area contributed by atoms with Crippen molar-refractivity contribution in [2.45, 2.75) is 6.61 Å². The second-order valence-corrected chi connectivity index (χ2v) is 4.41. The van der Waals surface area contributed by atoms with E-state index in [1.807, 2.05) is 47.0 Å². The van der Waals surface area contributed by atoms with Crippen LogP contribution in [0.4, 0.5) is 5.69 Å². The molecular formula is C15H15N3O2. The quantitative estimate of drug-likeness (QED) is 0.790. The van der Waals surface area contributed by atoms with Gasteiger partial charge in [-0.25, -0.2) is 4.98 Å². The Labute approximate surface area is 116 Å². The van der Waals surface area contributed by atoms with Gasteiger partial charge in [-0.1, -0.05) is 6.07 Å². The third-order valence-corrected chi connectivity index (χ3v) is 3.03. The minimum absolute atomic E-state index is 0.414. The lowest BCUT2D eigenvalue weighted by atomic mass is 10.3. The van der Waals surface area contributed by atoms with Crippen molar-refractivity contribution >= 4 is 11.3 Å². The Hall–Kier alpha value is -2.69. The lowest BCUT2D eigenvalue weighted by Gasteiger charge is -2.07. The summed E-state index contributed by atoms with van der Waals surface area (Å²) >= 11 is 0. The number of ether oxygens (including phenoxy) is 2. The van der Waals surface area contributed by atoms with E-state index >= 15 is 0 Å². The number of anilines is 1. The zero-order chi connectivity index (χ0) is 13.9. The molecule has 102 valence electrons. The number of imidazole rings is 1. The Morgan fingerprint density at radius 2 is 2.05 bits per heavy atom. The van der Waals surface area contributed by atoms with Crippen LogP contribution < -0.4 is 15.2 Å². The van der Waals surface area contributed by atoms with E-state index < -0.39 is 0 Å². The fraction of sp³-hybridized carbons (Fsp3) is 0.133. The first-order valence-corrected chi connectivity index (χ1v) is 6.24. The average molecular weight is 269 g/mol. The van der Waals surface area contributed by atoms with E-state index in [0.29, 0.717) is 12.3 Å². The molecular weight excluding hydrogens is 254 g/mol. The van der Waals surface area contributed by atoms with Crippen LogP contribution in [0.3, 0.4) is 0 Å². The normalized spacial score (nSPS) is 10.7. The molecule has 2 heterocycles. The van der Waals surface area contributed by atoms with Gasteiger partial charge < -0.3 is 15.2 Å². The van der Waals surface area contributed by atoms with Crippen LogP contribution in [-0.4, -0.2) is 16.5 Å². The molecule has 2 aromatic heterocycles. The maximum atomic E-state index is 5.79. The Bertz CT molecular complexity index is 737. The van der Waals surface area contributed by atoms with E-state index in [9.17, 15) is 0 Å². The van der Waals surface area contributed by atoms with Crippen LogP contribution in [0, 0.1) is 0 Å². The van der Waals surface area contributed by atoms with Crippen molar-refractivity contribution in [2.75, 3.05) is 12.8 Å².